The van der Waals surface area contributed by atoms with E-state index in [1.54, 1.807) is 0 Å². The fraction of sp³-hybridized carbons (Fsp3) is 0.417. The van der Waals surface area contributed by atoms with Gasteiger partial charge in [0, 0.05) is 31.1 Å². The molecule has 0 radical (unpaired) electrons. The van der Waals surface area contributed by atoms with Crippen LogP contribution in [0.25, 0.3) is 0 Å². The third-order valence-electron chi connectivity index (χ3n) is 2.94. The van der Waals surface area contributed by atoms with Gasteiger partial charge in [0.1, 0.15) is 5.82 Å². The normalized spacial score (nSPS) is 18.3. The van der Waals surface area contributed by atoms with Crippen LogP contribution in [-0.2, 0) is 9.53 Å². The standard InChI is InChI=1S/C12H13F2N3O4/c13-8-4-9(14)11(17(19)20)5-10(8)16-12(18)3-7-6-21-2-1-15-7/h4-5,7,15H,1-3,6H2,(H,16,18). The summed E-state index contributed by atoms with van der Waals surface area (Å²) in [4.78, 5) is 21.4. The molecule has 1 heterocycles. The number of carbonyl (C=O) groups is 1. The molecule has 21 heavy (non-hydrogen) atoms. The molecule has 1 aliphatic rings. The third-order valence-corrected chi connectivity index (χ3v) is 2.94. The minimum Gasteiger partial charge on any atom is -0.378 e. The number of amides is 1. The Morgan fingerprint density at radius 2 is 2.24 bits per heavy atom. The van der Waals surface area contributed by atoms with Crippen molar-refractivity contribution in [2.45, 2.75) is 12.5 Å². The first-order valence-corrected chi connectivity index (χ1v) is 6.22. The summed E-state index contributed by atoms with van der Waals surface area (Å²) < 4.78 is 31.9. The lowest BCUT2D eigenvalue weighted by Gasteiger charge is -2.23. The summed E-state index contributed by atoms with van der Waals surface area (Å²) in [6, 6.07) is 0.820. The maximum Gasteiger partial charge on any atom is 0.307 e. The zero-order chi connectivity index (χ0) is 15.4. The molecule has 1 saturated heterocycles. The first kappa shape index (κ1) is 15.3. The lowest BCUT2D eigenvalue weighted by molar-refractivity contribution is -0.387. The van der Waals surface area contributed by atoms with Crippen molar-refractivity contribution in [3.05, 3.63) is 33.9 Å². The van der Waals surface area contributed by atoms with Crippen LogP contribution in [0.3, 0.4) is 0 Å². The summed E-state index contributed by atoms with van der Waals surface area (Å²) in [5.74, 6) is -2.91. The average Bonchev–Trinajstić information content (AvgIpc) is 2.42. The van der Waals surface area contributed by atoms with Crippen molar-refractivity contribution >= 4 is 17.3 Å². The van der Waals surface area contributed by atoms with Gasteiger partial charge in [-0.15, -0.1) is 0 Å². The van der Waals surface area contributed by atoms with E-state index < -0.39 is 33.8 Å². The Morgan fingerprint density at radius 3 is 2.86 bits per heavy atom. The van der Waals surface area contributed by atoms with Crippen molar-refractivity contribution in [2.24, 2.45) is 0 Å². The van der Waals surface area contributed by atoms with E-state index in [0.29, 0.717) is 31.9 Å². The van der Waals surface area contributed by atoms with E-state index >= 15 is 0 Å². The summed E-state index contributed by atoms with van der Waals surface area (Å²) in [5, 5.41) is 15.8. The minimum absolute atomic E-state index is 0.0185. The van der Waals surface area contributed by atoms with Crippen LogP contribution < -0.4 is 10.6 Å². The van der Waals surface area contributed by atoms with Crippen molar-refractivity contribution < 1.29 is 23.2 Å². The number of hydrogen-bond donors (Lipinski definition) is 2. The Morgan fingerprint density at radius 1 is 1.48 bits per heavy atom. The lowest BCUT2D eigenvalue weighted by atomic mass is 10.2. The van der Waals surface area contributed by atoms with E-state index in [9.17, 15) is 23.7 Å². The van der Waals surface area contributed by atoms with Crippen molar-refractivity contribution in [3.63, 3.8) is 0 Å². The van der Waals surface area contributed by atoms with Gasteiger partial charge in [-0.3, -0.25) is 14.9 Å². The van der Waals surface area contributed by atoms with Gasteiger partial charge in [-0.25, -0.2) is 4.39 Å². The fourth-order valence-corrected chi connectivity index (χ4v) is 1.95. The van der Waals surface area contributed by atoms with Crippen LogP contribution in [0.5, 0.6) is 0 Å². The number of nitro groups is 1. The molecule has 0 aromatic heterocycles. The predicted octanol–water partition coefficient (Wildman–Crippen LogP) is 1.19. The van der Waals surface area contributed by atoms with Crippen LogP contribution in [0.15, 0.2) is 12.1 Å². The van der Waals surface area contributed by atoms with Gasteiger partial charge in [0.05, 0.1) is 23.8 Å². The number of nitro benzene ring substituents is 1. The van der Waals surface area contributed by atoms with Crippen LogP contribution in [0.4, 0.5) is 20.2 Å². The number of carbonyl (C=O) groups excluding carboxylic acids is 1. The molecule has 0 aliphatic carbocycles. The van der Waals surface area contributed by atoms with E-state index in [4.69, 9.17) is 4.74 Å². The van der Waals surface area contributed by atoms with Gasteiger partial charge >= 0.3 is 5.69 Å². The second-order valence-corrected chi connectivity index (χ2v) is 4.52. The number of hydrogen-bond acceptors (Lipinski definition) is 5. The maximum absolute atomic E-state index is 13.5. The Balaban J connectivity index is 2.06. The second-order valence-electron chi connectivity index (χ2n) is 4.52. The summed E-state index contributed by atoms with van der Waals surface area (Å²) in [5.41, 5.74) is -1.32. The van der Waals surface area contributed by atoms with Gasteiger partial charge in [-0.05, 0) is 0 Å². The molecule has 1 atom stereocenters. The van der Waals surface area contributed by atoms with Crippen LogP contribution in [0, 0.1) is 21.7 Å². The van der Waals surface area contributed by atoms with Gasteiger partial charge in [-0.2, -0.15) is 4.39 Å². The number of anilines is 1. The molecular weight excluding hydrogens is 288 g/mol. The summed E-state index contributed by atoms with van der Waals surface area (Å²) >= 11 is 0. The number of morpholine rings is 1. The Labute approximate surface area is 118 Å². The molecule has 1 unspecified atom stereocenters. The molecule has 1 aromatic rings. The second kappa shape index (κ2) is 6.55. The quantitative estimate of drug-likeness (QED) is 0.643. The summed E-state index contributed by atoms with van der Waals surface area (Å²) in [6.07, 6.45) is 0.0185. The largest absolute Gasteiger partial charge is 0.378 e. The monoisotopic (exact) mass is 301 g/mol. The van der Waals surface area contributed by atoms with Gasteiger partial charge in [0.15, 0.2) is 0 Å². The summed E-state index contributed by atoms with van der Waals surface area (Å²) in [6.45, 7) is 1.50. The number of halogens is 2. The first-order valence-electron chi connectivity index (χ1n) is 6.22. The van der Waals surface area contributed by atoms with Crippen molar-refractivity contribution in [1.29, 1.82) is 0 Å². The van der Waals surface area contributed by atoms with Crippen LogP contribution in [-0.4, -0.2) is 36.6 Å². The van der Waals surface area contributed by atoms with Crippen molar-refractivity contribution in [2.75, 3.05) is 25.1 Å². The van der Waals surface area contributed by atoms with E-state index in [2.05, 4.69) is 10.6 Å². The highest BCUT2D eigenvalue weighted by atomic mass is 19.1. The molecule has 1 amide bonds. The number of benzene rings is 1. The Kier molecular flexibility index (Phi) is 4.76. The van der Waals surface area contributed by atoms with Crippen molar-refractivity contribution in [3.8, 4) is 0 Å². The van der Waals surface area contributed by atoms with Gasteiger partial charge in [0.25, 0.3) is 0 Å². The molecule has 7 nitrogen and oxygen atoms in total. The predicted molar refractivity (Wildman–Crippen MR) is 68.9 cm³/mol. The highest BCUT2D eigenvalue weighted by molar-refractivity contribution is 5.91. The molecular formula is C12H13F2N3O4. The van der Waals surface area contributed by atoms with Crippen LogP contribution in [0.1, 0.15) is 6.42 Å². The number of rotatable bonds is 4. The SMILES string of the molecule is O=C(CC1COCCN1)Nc1cc([N+](=O)[O-])c(F)cc1F. The van der Waals surface area contributed by atoms with Crippen LogP contribution >= 0.6 is 0 Å². The van der Waals surface area contributed by atoms with Gasteiger partial charge in [-0.1, -0.05) is 0 Å². The smallest absolute Gasteiger partial charge is 0.307 e. The molecule has 114 valence electrons. The highest BCUT2D eigenvalue weighted by Crippen LogP contribution is 2.25. The minimum atomic E-state index is -1.29. The van der Waals surface area contributed by atoms with Gasteiger partial charge < -0.3 is 15.4 Å². The van der Waals surface area contributed by atoms with E-state index in [1.165, 1.54) is 0 Å². The summed E-state index contributed by atoms with van der Waals surface area (Å²) in [7, 11) is 0. The first-order chi connectivity index (χ1) is 9.97. The van der Waals surface area contributed by atoms with Gasteiger partial charge in [0.2, 0.25) is 11.7 Å². The topological polar surface area (TPSA) is 93.5 Å². The zero-order valence-electron chi connectivity index (χ0n) is 10.9. The van der Waals surface area contributed by atoms with E-state index in [1.807, 2.05) is 0 Å². The van der Waals surface area contributed by atoms with E-state index in [-0.39, 0.29) is 12.5 Å². The highest BCUT2D eigenvalue weighted by Gasteiger charge is 2.21. The fourth-order valence-electron chi connectivity index (χ4n) is 1.95. The number of nitrogens with zero attached hydrogens (tertiary/aromatic N) is 1. The average molecular weight is 301 g/mol. The maximum atomic E-state index is 13.5. The Bertz CT molecular complexity index is 562. The molecule has 0 saturated carbocycles. The molecule has 9 heteroatoms. The van der Waals surface area contributed by atoms with Crippen molar-refractivity contribution in [1.82, 2.24) is 5.32 Å². The molecule has 1 fully saturated rings. The van der Waals surface area contributed by atoms with Crippen LogP contribution in [0.2, 0.25) is 0 Å². The Hall–Kier alpha value is -2.13. The molecule has 2 rings (SSSR count). The van der Waals surface area contributed by atoms with E-state index in [0.717, 1.165) is 0 Å². The molecule has 1 aromatic carbocycles. The number of ether oxygens (including phenoxy) is 1. The molecule has 0 bridgehead atoms. The molecule has 2 N–H and O–H groups in total. The molecule has 1 aliphatic heterocycles. The number of nitrogens with one attached hydrogen (secondary N) is 2. The molecule has 0 spiro atoms. The zero-order valence-corrected chi connectivity index (χ0v) is 10.9. The lowest BCUT2D eigenvalue weighted by Crippen LogP contribution is -2.43. The third kappa shape index (κ3) is 3.92.